The highest BCUT2D eigenvalue weighted by molar-refractivity contribution is 4.68. The van der Waals surface area contributed by atoms with Crippen molar-refractivity contribution in [3.63, 3.8) is 0 Å². The summed E-state index contributed by atoms with van der Waals surface area (Å²) in [5.74, 6) is 0. The second-order valence-corrected chi connectivity index (χ2v) is 5.55. The van der Waals surface area contributed by atoms with Crippen LogP contribution in [-0.2, 0) is 0 Å². The van der Waals surface area contributed by atoms with Crippen LogP contribution >= 0.6 is 0 Å². The van der Waals surface area contributed by atoms with Gasteiger partial charge in [-0.2, -0.15) is 0 Å². The molecule has 0 aromatic carbocycles. The Kier molecular flexibility index (Phi) is 6.32. The van der Waals surface area contributed by atoms with Gasteiger partial charge < -0.3 is 15.1 Å². The number of nitrogens with one attached hydrogen (secondary N) is 1. The first kappa shape index (κ1) is 13.3. The molecule has 0 bridgehead atoms. The van der Waals surface area contributed by atoms with Crippen molar-refractivity contribution in [2.75, 3.05) is 52.4 Å². The van der Waals surface area contributed by atoms with E-state index in [-0.39, 0.29) is 0 Å². The number of unbranched alkanes of at least 4 members (excludes halogenated alkanes) is 2. The summed E-state index contributed by atoms with van der Waals surface area (Å²) in [6, 6.07) is 0. The van der Waals surface area contributed by atoms with Gasteiger partial charge in [0.2, 0.25) is 0 Å². The van der Waals surface area contributed by atoms with Crippen molar-refractivity contribution in [3.05, 3.63) is 0 Å². The van der Waals surface area contributed by atoms with Gasteiger partial charge in [-0.05, 0) is 51.9 Å². The zero-order valence-corrected chi connectivity index (χ0v) is 11.3. The standard InChI is InChI=1S/C14H29N3/c1-3-9-16(10-4-1)11-5-2-6-12-17-13-7-15-8-14-17/h15H,1-14H2. The first-order chi connectivity index (χ1) is 8.45. The van der Waals surface area contributed by atoms with E-state index in [1.165, 1.54) is 90.9 Å². The second-order valence-electron chi connectivity index (χ2n) is 5.55. The molecule has 0 aromatic heterocycles. The van der Waals surface area contributed by atoms with Gasteiger partial charge in [0.1, 0.15) is 0 Å². The molecule has 0 aromatic rings. The van der Waals surface area contributed by atoms with Crippen LogP contribution in [0.15, 0.2) is 0 Å². The topological polar surface area (TPSA) is 18.5 Å². The summed E-state index contributed by atoms with van der Waals surface area (Å²) in [7, 11) is 0. The lowest BCUT2D eigenvalue weighted by Crippen LogP contribution is -2.43. The highest BCUT2D eigenvalue weighted by Crippen LogP contribution is 2.10. The monoisotopic (exact) mass is 239 g/mol. The van der Waals surface area contributed by atoms with Gasteiger partial charge in [0.05, 0.1) is 0 Å². The normalized spacial score (nSPS) is 24.0. The molecule has 0 atom stereocenters. The number of piperidine rings is 1. The third kappa shape index (κ3) is 5.36. The number of piperazine rings is 1. The number of hydrogen-bond donors (Lipinski definition) is 1. The van der Waals surface area contributed by atoms with Gasteiger partial charge in [0, 0.05) is 26.2 Å². The lowest BCUT2D eigenvalue weighted by Gasteiger charge is -2.28. The molecular weight excluding hydrogens is 210 g/mol. The Bertz CT molecular complexity index is 164. The first-order valence-electron chi connectivity index (χ1n) is 7.60. The molecule has 0 aliphatic carbocycles. The zero-order valence-electron chi connectivity index (χ0n) is 11.3. The van der Waals surface area contributed by atoms with E-state index in [0.29, 0.717) is 0 Å². The summed E-state index contributed by atoms with van der Waals surface area (Å²) >= 11 is 0. The van der Waals surface area contributed by atoms with E-state index in [1.807, 2.05) is 0 Å². The molecule has 0 amide bonds. The number of hydrogen-bond acceptors (Lipinski definition) is 3. The SMILES string of the molecule is C1CCN(CCCCCN2CCNCC2)CC1. The average molecular weight is 239 g/mol. The molecule has 2 rings (SSSR count). The highest BCUT2D eigenvalue weighted by Gasteiger charge is 2.10. The molecule has 0 spiro atoms. The summed E-state index contributed by atoms with van der Waals surface area (Å²) < 4.78 is 0. The molecule has 17 heavy (non-hydrogen) atoms. The molecule has 3 nitrogen and oxygen atoms in total. The largest absolute Gasteiger partial charge is 0.314 e. The minimum absolute atomic E-state index is 1.19. The van der Waals surface area contributed by atoms with Crippen LogP contribution < -0.4 is 5.32 Å². The number of likely N-dealkylation sites (tertiary alicyclic amines) is 1. The second kappa shape index (κ2) is 8.06. The van der Waals surface area contributed by atoms with E-state index in [0.717, 1.165) is 0 Å². The third-order valence-electron chi connectivity index (χ3n) is 4.11. The van der Waals surface area contributed by atoms with Crippen LogP contribution in [0.3, 0.4) is 0 Å². The van der Waals surface area contributed by atoms with E-state index in [4.69, 9.17) is 0 Å². The van der Waals surface area contributed by atoms with Crippen molar-refractivity contribution in [3.8, 4) is 0 Å². The first-order valence-corrected chi connectivity index (χ1v) is 7.60. The molecule has 100 valence electrons. The molecule has 2 fully saturated rings. The minimum atomic E-state index is 1.19. The highest BCUT2D eigenvalue weighted by atomic mass is 15.2. The maximum Gasteiger partial charge on any atom is 0.0107 e. The van der Waals surface area contributed by atoms with E-state index < -0.39 is 0 Å². The Labute approximate surface area is 107 Å². The molecule has 0 unspecified atom stereocenters. The number of rotatable bonds is 6. The Morgan fingerprint density at radius 1 is 0.647 bits per heavy atom. The predicted octanol–water partition coefficient (Wildman–Crippen LogP) is 1.55. The summed E-state index contributed by atoms with van der Waals surface area (Å²) in [5.41, 5.74) is 0. The molecule has 2 aliphatic heterocycles. The fourth-order valence-corrected chi connectivity index (χ4v) is 2.97. The number of nitrogens with zero attached hydrogens (tertiary/aromatic N) is 2. The van der Waals surface area contributed by atoms with Crippen molar-refractivity contribution >= 4 is 0 Å². The van der Waals surface area contributed by atoms with Gasteiger partial charge >= 0.3 is 0 Å². The van der Waals surface area contributed by atoms with E-state index in [2.05, 4.69) is 15.1 Å². The maximum absolute atomic E-state index is 3.41. The minimum Gasteiger partial charge on any atom is -0.314 e. The third-order valence-corrected chi connectivity index (χ3v) is 4.11. The Morgan fingerprint density at radius 2 is 1.24 bits per heavy atom. The lowest BCUT2D eigenvalue weighted by molar-refractivity contribution is 0.215. The van der Waals surface area contributed by atoms with Crippen LogP contribution in [0.2, 0.25) is 0 Å². The van der Waals surface area contributed by atoms with Crippen molar-refractivity contribution in [2.45, 2.75) is 38.5 Å². The Balaban J connectivity index is 1.42. The van der Waals surface area contributed by atoms with Crippen LogP contribution in [0.25, 0.3) is 0 Å². The average Bonchev–Trinajstić information content (AvgIpc) is 2.41. The quantitative estimate of drug-likeness (QED) is 0.710. The molecule has 2 aliphatic rings. The van der Waals surface area contributed by atoms with Gasteiger partial charge in [-0.25, -0.2) is 0 Å². The summed E-state index contributed by atoms with van der Waals surface area (Å²) in [5, 5.41) is 3.41. The van der Waals surface area contributed by atoms with Crippen LogP contribution in [0.5, 0.6) is 0 Å². The lowest BCUT2D eigenvalue weighted by atomic mass is 10.1. The van der Waals surface area contributed by atoms with Crippen molar-refractivity contribution in [2.24, 2.45) is 0 Å². The van der Waals surface area contributed by atoms with Gasteiger partial charge in [0.25, 0.3) is 0 Å². The van der Waals surface area contributed by atoms with Crippen LogP contribution in [0.4, 0.5) is 0 Å². The molecule has 2 heterocycles. The van der Waals surface area contributed by atoms with E-state index in [9.17, 15) is 0 Å². The predicted molar refractivity (Wildman–Crippen MR) is 73.5 cm³/mol. The Hall–Kier alpha value is -0.120. The van der Waals surface area contributed by atoms with Crippen LogP contribution in [0.1, 0.15) is 38.5 Å². The van der Waals surface area contributed by atoms with Crippen LogP contribution in [-0.4, -0.2) is 62.2 Å². The Morgan fingerprint density at radius 3 is 1.88 bits per heavy atom. The van der Waals surface area contributed by atoms with Crippen molar-refractivity contribution in [1.82, 2.24) is 15.1 Å². The van der Waals surface area contributed by atoms with Crippen molar-refractivity contribution < 1.29 is 0 Å². The summed E-state index contributed by atoms with van der Waals surface area (Å²) in [6.45, 7) is 10.3. The summed E-state index contributed by atoms with van der Waals surface area (Å²) in [4.78, 5) is 5.27. The summed E-state index contributed by atoms with van der Waals surface area (Å²) in [6.07, 6.45) is 8.54. The molecule has 0 saturated carbocycles. The van der Waals surface area contributed by atoms with Crippen molar-refractivity contribution in [1.29, 1.82) is 0 Å². The van der Waals surface area contributed by atoms with Gasteiger partial charge in [0.15, 0.2) is 0 Å². The smallest absolute Gasteiger partial charge is 0.0107 e. The van der Waals surface area contributed by atoms with Gasteiger partial charge in [-0.15, -0.1) is 0 Å². The molecule has 2 saturated heterocycles. The van der Waals surface area contributed by atoms with Crippen LogP contribution in [0, 0.1) is 0 Å². The van der Waals surface area contributed by atoms with Gasteiger partial charge in [-0.3, -0.25) is 0 Å². The molecule has 0 radical (unpaired) electrons. The van der Waals surface area contributed by atoms with E-state index in [1.54, 1.807) is 0 Å². The molecular formula is C14H29N3. The zero-order chi connectivity index (χ0) is 11.8. The maximum atomic E-state index is 3.41. The van der Waals surface area contributed by atoms with Gasteiger partial charge in [-0.1, -0.05) is 12.8 Å². The fourth-order valence-electron chi connectivity index (χ4n) is 2.97. The van der Waals surface area contributed by atoms with E-state index >= 15 is 0 Å². The fraction of sp³-hybridized carbons (Fsp3) is 1.00. The molecule has 3 heteroatoms. The molecule has 1 N–H and O–H groups in total.